The molecule has 68 valence electrons. The zero-order valence-corrected chi connectivity index (χ0v) is 8.94. The lowest BCUT2D eigenvalue weighted by atomic mass is 10.2. The van der Waals surface area contributed by atoms with E-state index in [1.807, 2.05) is 18.2 Å². The Balaban J connectivity index is 2.79. The first-order valence-electron chi connectivity index (χ1n) is 3.72. The lowest BCUT2D eigenvalue weighted by molar-refractivity contribution is 0.386. The fraction of sp³-hybridized carbons (Fsp3) is 0.111. The molecule has 0 spiro atoms. The fourth-order valence-electron chi connectivity index (χ4n) is 1.33. The first-order chi connectivity index (χ1) is 6.22. The molecule has 0 aliphatic carbocycles. The molecule has 1 heterocycles. The normalized spacial score (nSPS) is 11.0. The van der Waals surface area contributed by atoms with Gasteiger partial charge in [0.05, 0.1) is 5.52 Å². The van der Waals surface area contributed by atoms with E-state index in [4.69, 9.17) is 11.6 Å². The summed E-state index contributed by atoms with van der Waals surface area (Å²) in [6, 6.07) is 7.37. The molecule has 1 nitrogen and oxygen atoms in total. The Morgan fingerprint density at radius 3 is 2.85 bits per heavy atom. The summed E-state index contributed by atoms with van der Waals surface area (Å²) in [5, 5.41) is 1.37. The van der Waals surface area contributed by atoms with Crippen molar-refractivity contribution in [3.05, 3.63) is 33.9 Å². The van der Waals surface area contributed by atoms with Crippen LogP contribution in [0.15, 0.2) is 28.7 Å². The minimum Gasteiger partial charge on any atom is -0.303 e. The molecular formula is C9H6BrClFN. The Labute approximate surface area is 88.2 Å². The molecule has 0 aliphatic heterocycles. The minimum absolute atomic E-state index is 0.426. The average Bonchev–Trinajstić information content (AvgIpc) is 2.39. The maximum atomic E-state index is 12.5. The number of aromatic nitrogens is 1. The lowest BCUT2D eigenvalue weighted by Gasteiger charge is -1.99. The molecule has 1 aromatic heterocycles. The summed E-state index contributed by atoms with van der Waals surface area (Å²) >= 11 is 9.17. The molecule has 2 rings (SSSR count). The molecule has 0 bridgehead atoms. The Bertz CT molecular complexity index is 452. The van der Waals surface area contributed by atoms with Crippen molar-refractivity contribution in [2.45, 2.75) is 6.80 Å². The van der Waals surface area contributed by atoms with E-state index >= 15 is 0 Å². The van der Waals surface area contributed by atoms with Crippen LogP contribution in [0.4, 0.5) is 4.39 Å². The van der Waals surface area contributed by atoms with Gasteiger partial charge in [-0.05, 0) is 24.3 Å². The summed E-state index contributed by atoms with van der Waals surface area (Å²) in [5.74, 6) is 0. The molecule has 0 atom stereocenters. The molecule has 0 aliphatic rings. The van der Waals surface area contributed by atoms with E-state index in [0.29, 0.717) is 5.15 Å². The van der Waals surface area contributed by atoms with E-state index in [0.717, 1.165) is 15.4 Å². The van der Waals surface area contributed by atoms with E-state index in [2.05, 4.69) is 15.9 Å². The standard InChI is InChI=1S/C9H6BrClFN/c10-7-1-2-8-6(3-7)4-9(11)13(8)5-12/h1-4H,5H2. The minimum atomic E-state index is -0.593. The fourth-order valence-corrected chi connectivity index (χ4v) is 1.96. The third kappa shape index (κ3) is 1.46. The van der Waals surface area contributed by atoms with Gasteiger partial charge < -0.3 is 4.57 Å². The summed E-state index contributed by atoms with van der Waals surface area (Å²) in [6.07, 6.45) is 0. The monoisotopic (exact) mass is 261 g/mol. The second-order valence-electron chi connectivity index (χ2n) is 2.72. The molecule has 0 fully saturated rings. The van der Waals surface area contributed by atoms with Gasteiger partial charge in [0.2, 0.25) is 0 Å². The van der Waals surface area contributed by atoms with Gasteiger partial charge in [0.1, 0.15) is 5.15 Å². The SMILES string of the molecule is FCn1c(Cl)cc2cc(Br)ccc21. The molecule has 1 aromatic carbocycles. The van der Waals surface area contributed by atoms with Crippen LogP contribution in [-0.2, 0) is 6.80 Å². The van der Waals surface area contributed by atoms with Gasteiger partial charge in [0.25, 0.3) is 0 Å². The van der Waals surface area contributed by atoms with Crippen LogP contribution < -0.4 is 0 Å². The molecule has 0 amide bonds. The van der Waals surface area contributed by atoms with Crippen LogP contribution in [0.5, 0.6) is 0 Å². The molecule has 0 saturated heterocycles. The number of alkyl halides is 1. The summed E-state index contributed by atoms with van der Waals surface area (Å²) in [7, 11) is 0. The van der Waals surface area contributed by atoms with Crippen LogP contribution in [-0.4, -0.2) is 4.57 Å². The van der Waals surface area contributed by atoms with E-state index in [1.54, 1.807) is 6.07 Å². The number of hydrogen-bond acceptors (Lipinski definition) is 0. The molecule has 0 N–H and O–H groups in total. The molecule has 0 unspecified atom stereocenters. The number of rotatable bonds is 1. The number of nitrogens with zero attached hydrogens (tertiary/aromatic N) is 1. The summed E-state index contributed by atoms with van der Waals surface area (Å²) in [6.45, 7) is -0.593. The van der Waals surface area contributed by atoms with Gasteiger partial charge in [-0.2, -0.15) is 0 Å². The third-order valence-corrected chi connectivity index (χ3v) is 2.74. The van der Waals surface area contributed by atoms with Crippen molar-refractivity contribution < 1.29 is 4.39 Å². The maximum absolute atomic E-state index is 12.5. The van der Waals surface area contributed by atoms with Gasteiger partial charge in [-0.3, -0.25) is 0 Å². The molecule has 0 saturated carbocycles. The number of halogens is 3. The first-order valence-corrected chi connectivity index (χ1v) is 4.90. The highest BCUT2D eigenvalue weighted by Crippen LogP contribution is 2.26. The van der Waals surface area contributed by atoms with E-state index in [9.17, 15) is 4.39 Å². The van der Waals surface area contributed by atoms with Gasteiger partial charge >= 0.3 is 0 Å². The van der Waals surface area contributed by atoms with Crippen LogP contribution in [0.2, 0.25) is 5.15 Å². The zero-order chi connectivity index (χ0) is 9.42. The molecule has 4 heteroatoms. The Kier molecular flexibility index (Phi) is 2.30. The highest BCUT2D eigenvalue weighted by Gasteiger charge is 2.05. The van der Waals surface area contributed by atoms with Crippen molar-refractivity contribution in [2.75, 3.05) is 0 Å². The van der Waals surface area contributed by atoms with Crippen LogP contribution in [0.25, 0.3) is 10.9 Å². The van der Waals surface area contributed by atoms with E-state index in [1.165, 1.54) is 4.57 Å². The molecule has 2 aromatic rings. The maximum Gasteiger partial charge on any atom is 0.166 e. The molecular weight excluding hydrogens is 256 g/mol. The largest absolute Gasteiger partial charge is 0.303 e. The Morgan fingerprint density at radius 1 is 1.38 bits per heavy atom. The highest BCUT2D eigenvalue weighted by molar-refractivity contribution is 9.10. The van der Waals surface area contributed by atoms with Gasteiger partial charge in [0.15, 0.2) is 6.80 Å². The van der Waals surface area contributed by atoms with Crippen molar-refractivity contribution in [3.63, 3.8) is 0 Å². The number of benzene rings is 1. The van der Waals surface area contributed by atoms with Crippen molar-refractivity contribution in [1.82, 2.24) is 4.57 Å². The highest BCUT2D eigenvalue weighted by atomic mass is 79.9. The summed E-state index contributed by atoms with van der Waals surface area (Å²) in [4.78, 5) is 0. The van der Waals surface area contributed by atoms with Crippen LogP contribution in [0.3, 0.4) is 0 Å². The quantitative estimate of drug-likeness (QED) is 0.732. The number of hydrogen-bond donors (Lipinski definition) is 0. The zero-order valence-electron chi connectivity index (χ0n) is 6.60. The number of fused-ring (bicyclic) bond motifs is 1. The van der Waals surface area contributed by atoms with E-state index < -0.39 is 6.80 Å². The van der Waals surface area contributed by atoms with Crippen molar-refractivity contribution in [2.24, 2.45) is 0 Å². The van der Waals surface area contributed by atoms with Gasteiger partial charge in [-0.15, -0.1) is 0 Å². The Morgan fingerprint density at radius 2 is 2.15 bits per heavy atom. The summed E-state index contributed by atoms with van der Waals surface area (Å²) < 4.78 is 14.9. The van der Waals surface area contributed by atoms with Crippen molar-refractivity contribution in [1.29, 1.82) is 0 Å². The second-order valence-corrected chi connectivity index (χ2v) is 4.02. The first kappa shape index (κ1) is 9.03. The summed E-state index contributed by atoms with van der Waals surface area (Å²) in [5.41, 5.74) is 0.815. The Hall–Kier alpha value is -0.540. The lowest BCUT2D eigenvalue weighted by Crippen LogP contribution is -1.90. The van der Waals surface area contributed by atoms with Crippen molar-refractivity contribution >= 4 is 38.4 Å². The van der Waals surface area contributed by atoms with Gasteiger partial charge in [-0.1, -0.05) is 27.5 Å². The van der Waals surface area contributed by atoms with Crippen molar-refractivity contribution in [3.8, 4) is 0 Å². The van der Waals surface area contributed by atoms with Crippen LogP contribution in [0.1, 0.15) is 0 Å². The predicted molar refractivity (Wildman–Crippen MR) is 55.8 cm³/mol. The predicted octanol–water partition coefficient (Wildman–Crippen LogP) is 3.98. The van der Waals surface area contributed by atoms with E-state index in [-0.39, 0.29) is 0 Å². The third-order valence-electron chi connectivity index (χ3n) is 1.93. The topological polar surface area (TPSA) is 4.93 Å². The van der Waals surface area contributed by atoms with Crippen LogP contribution in [0, 0.1) is 0 Å². The smallest absolute Gasteiger partial charge is 0.166 e. The van der Waals surface area contributed by atoms with Gasteiger partial charge in [-0.25, -0.2) is 4.39 Å². The molecule has 13 heavy (non-hydrogen) atoms. The second kappa shape index (κ2) is 3.31. The average molecular weight is 263 g/mol. The molecule has 0 radical (unpaired) electrons. The van der Waals surface area contributed by atoms with Gasteiger partial charge in [0, 0.05) is 9.86 Å². The van der Waals surface area contributed by atoms with Crippen LogP contribution >= 0.6 is 27.5 Å².